The first-order valence-electron chi connectivity index (χ1n) is 9.24. The number of halogens is 1. The molecule has 1 N–H and O–H groups in total. The highest BCUT2D eigenvalue weighted by atomic mass is 19.1. The number of nitrogens with zero attached hydrogens (tertiary/aromatic N) is 2. The first-order chi connectivity index (χ1) is 13.4. The Bertz CT molecular complexity index is 933. The second-order valence-corrected chi connectivity index (χ2v) is 7.10. The topological polar surface area (TPSA) is 82.7 Å². The Morgan fingerprint density at radius 1 is 1.25 bits per heavy atom. The number of aromatic nitrogens is 2. The Morgan fingerprint density at radius 3 is 2.46 bits per heavy atom. The summed E-state index contributed by atoms with van der Waals surface area (Å²) in [5.74, 6) is 0.0662. The Kier molecular flexibility index (Phi) is 5.71. The molecule has 8 heteroatoms. The van der Waals surface area contributed by atoms with Crippen molar-refractivity contribution in [3.63, 3.8) is 0 Å². The smallest absolute Gasteiger partial charge is 0.333 e. The quantitative estimate of drug-likeness (QED) is 0.809. The number of aliphatic hydroxyl groups excluding tert-OH is 1. The molecule has 28 heavy (non-hydrogen) atoms. The lowest BCUT2D eigenvalue weighted by Gasteiger charge is -2.29. The predicted octanol–water partition coefficient (Wildman–Crippen LogP) is 1.71. The highest BCUT2D eigenvalue weighted by Crippen LogP contribution is 2.44. The van der Waals surface area contributed by atoms with Gasteiger partial charge in [-0.2, -0.15) is 0 Å². The van der Waals surface area contributed by atoms with Gasteiger partial charge < -0.3 is 14.6 Å². The third-order valence-electron chi connectivity index (χ3n) is 5.67. The zero-order chi connectivity index (χ0) is 20.5. The summed E-state index contributed by atoms with van der Waals surface area (Å²) in [6, 6.07) is 8.19. The number of ether oxygens (including phenoxy) is 2. The minimum atomic E-state index is -1.49. The van der Waals surface area contributed by atoms with Crippen molar-refractivity contribution in [1.82, 2.24) is 9.13 Å². The minimum Gasteiger partial charge on any atom is -0.497 e. The molecule has 0 aliphatic carbocycles. The van der Waals surface area contributed by atoms with E-state index in [1.807, 2.05) is 0 Å². The first-order valence-corrected chi connectivity index (χ1v) is 9.24. The molecule has 0 unspecified atom stereocenters. The fourth-order valence-corrected chi connectivity index (χ4v) is 3.64. The van der Waals surface area contributed by atoms with Crippen molar-refractivity contribution < 1.29 is 19.0 Å². The van der Waals surface area contributed by atoms with Crippen LogP contribution in [0, 0.1) is 5.92 Å². The Balaban J connectivity index is 1.97. The van der Waals surface area contributed by atoms with Crippen LogP contribution in [-0.2, 0) is 11.3 Å². The summed E-state index contributed by atoms with van der Waals surface area (Å²) < 4.78 is 28.0. The van der Waals surface area contributed by atoms with Gasteiger partial charge in [0.15, 0.2) is 12.4 Å². The Labute approximate surface area is 162 Å². The van der Waals surface area contributed by atoms with E-state index in [4.69, 9.17) is 9.47 Å². The molecule has 7 nitrogen and oxygen atoms in total. The van der Waals surface area contributed by atoms with Crippen molar-refractivity contribution in [2.75, 3.05) is 13.7 Å². The maximum atomic E-state index is 15.0. The van der Waals surface area contributed by atoms with Crippen LogP contribution in [0.2, 0.25) is 0 Å². The van der Waals surface area contributed by atoms with Gasteiger partial charge >= 0.3 is 5.69 Å². The van der Waals surface area contributed by atoms with Crippen molar-refractivity contribution >= 4 is 0 Å². The van der Waals surface area contributed by atoms with Gasteiger partial charge in [-0.25, -0.2) is 9.18 Å². The van der Waals surface area contributed by atoms with Crippen LogP contribution in [0.25, 0.3) is 0 Å². The molecule has 0 bridgehead atoms. The number of alkyl halides is 1. The van der Waals surface area contributed by atoms with Crippen molar-refractivity contribution in [3.8, 4) is 5.75 Å². The molecule has 0 saturated carbocycles. The normalized spacial score (nSPS) is 27.1. The third kappa shape index (κ3) is 3.38. The monoisotopic (exact) mass is 392 g/mol. The van der Waals surface area contributed by atoms with Crippen LogP contribution < -0.4 is 16.0 Å². The molecule has 1 saturated heterocycles. The minimum absolute atomic E-state index is 0.0423. The summed E-state index contributed by atoms with van der Waals surface area (Å²) in [4.78, 5) is 25.2. The molecule has 1 aromatic carbocycles. The molecular weight excluding hydrogens is 367 g/mol. The van der Waals surface area contributed by atoms with Crippen molar-refractivity contribution in [1.29, 1.82) is 0 Å². The molecule has 1 aliphatic rings. The maximum absolute atomic E-state index is 15.0. The average molecular weight is 392 g/mol. The van der Waals surface area contributed by atoms with Gasteiger partial charge in [-0.1, -0.05) is 26.0 Å². The molecule has 0 amide bonds. The summed E-state index contributed by atoms with van der Waals surface area (Å²) in [6.45, 7) is 3.15. The van der Waals surface area contributed by atoms with Gasteiger partial charge in [0, 0.05) is 18.2 Å². The largest absolute Gasteiger partial charge is 0.497 e. The molecule has 1 fully saturated rings. The van der Waals surface area contributed by atoms with E-state index in [9.17, 15) is 19.1 Å². The summed E-state index contributed by atoms with van der Waals surface area (Å²) >= 11 is 0. The van der Waals surface area contributed by atoms with Crippen LogP contribution in [0.5, 0.6) is 5.75 Å². The fraction of sp³-hybridized carbons (Fsp3) is 0.500. The zero-order valence-corrected chi connectivity index (χ0v) is 16.2. The van der Waals surface area contributed by atoms with Crippen LogP contribution >= 0.6 is 0 Å². The van der Waals surface area contributed by atoms with E-state index in [0.717, 1.165) is 14.7 Å². The van der Waals surface area contributed by atoms with Gasteiger partial charge in [0.05, 0.1) is 25.9 Å². The third-order valence-corrected chi connectivity index (χ3v) is 5.67. The van der Waals surface area contributed by atoms with Gasteiger partial charge in [-0.05, 0) is 24.1 Å². The molecule has 1 aromatic heterocycles. The van der Waals surface area contributed by atoms with E-state index in [2.05, 4.69) is 0 Å². The molecule has 3 rings (SSSR count). The first kappa shape index (κ1) is 20.3. The van der Waals surface area contributed by atoms with Gasteiger partial charge in [0.25, 0.3) is 5.56 Å². The lowest BCUT2D eigenvalue weighted by atomic mass is 9.86. The molecule has 152 valence electrons. The number of aliphatic hydroxyl groups is 1. The van der Waals surface area contributed by atoms with Crippen molar-refractivity contribution in [3.05, 3.63) is 62.9 Å². The van der Waals surface area contributed by atoms with Gasteiger partial charge in [-0.3, -0.25) is 13.9 Å². The molecule has 2 aromatic rings. The van der Waals surface area contributed by atoms with Crippen LogP contribution in [-0.4, -0.2) is 39.7 Å². The number of rotatable bonds is 6. The standard InChI is InChI=1S/C20H25FN2O5/c1-4-20(12-24)13(2)17(21)18(28-20)22-10-9-16(25)23(19(22)26)11-14-5-7-15(27-3)8-6-14/h5-10,13,17-18,24H,4,11-12H2,1-3H3/t13-,17+,18+,20-/m0/s1. The van der Waals surface area contributed by atoms with Gasteiger partial charge in [0.2, 0.25) is 0 Å². The van der Waals surface area contributed by atoms with Crippen LogP contribution in [0.4, 0.5) is 4.39 Å². The molecule has 0 radical (unpaired) electrons. The zero-order valence-electron chi connectivity index (χ0n) is 16.2. The summed E-state index contributed by atoms with van der Waals surface area (Å²) in [6.07, 6.45) is -1.03. The predicted molar refractivity (Wildman–Crippen MR) is 101 cm³/mol. The van der Waals surface area contributed by atoms with Crippen molar-refractivity contribution in [2.45, 2.75) is 44.8 Å². The average Bonchev–Trinajstić information content (AvgIpc) is 2.97. The van der Waals surface area contributed by atoms with E-state index < -0.39 is 35.2 Å². The van der Waals surface area contributed by atoms with E-state index in [0.29, 0.717) is 12.2 Å². The SMILES string of the molecule is CC[C@@]1(CO)O[C@@H](n2ccc(=O)n(Cc3ccc(OC)cc3)c2=O)[C@H](F)[C@@H]1C. The number of methoxy groups -OCH3 is 1. The lowest BCUT2D eigenvalue weighted by molar-refractivity contribution is -0.116. The van der Waals surface area contributed by atoms with E-state index in [1.165, 1.54) is 12.3 Å². The van der Waals surface area contributed by atoms with E-state index >= 15 is 0 Å². The highest BCUT2D eigenvalue weighted by Gasteiger charge is 2.53. The van der Waals surface area contributed by atoms with Crippen LogP contribution in [0.15, 0.2) is 46.1 Å². The Morgan fingerprint density at radius 2 is 1.93 bits per heavy atom. The summed E-state index contributed by atoms with van der Waals surface area (Å²) in [5.41, 5.74) is -1.47. The van der Waals surface area contributed by atoms with E-state index in [1.54, 1.807) is 45.2 Å². The van der Waals surface area contributed by atoms with Gasteiger partial charge in [-0.15, -0.1) is 0 Å². The lowest BCUT2D eigenvalue weighted by Crippen LogP contribution is -2.42. The molecule has 0 spiro atoms. The van der Waals surface area contributed by atoms with Crippen LogP contribution in [0.1, 0.15) is 32.1 Å². The van der Waals surface area contributed by atoms with Crippen LogP contribution in [0.3, 0.4) is 0 Å². The van der Waals surface area contributed by atoms with E-state index in [-0.39, 0.29) is 13.2 Å². The molecule has 4 atom stereocenters. The molecular formula is C20H25FN2O5. The second-order valence-electron chi connectivity index (χ2n) is 7.10. The maximum Gasteiger partial charge on any atom is 0.333 e. The second kappa shape index (κ2) is 7.89. The summed E-state index contributed by atoms with van der Waals surface area (Å²) in [7, 11) is 1.55. The van der Waals surface area contributed by atoms with Crippen molar-refractivity contribution in [2.24, 2.45) is 5.92 Å². The highest BCUT2D eigenvalue weighted by molar-refractivity contribution is 5.27. The summed E-state index contributed by atoms with van der Waals surface area (Å²) in [5, 5.41) is 9.73. The number of hydrogen-bond donors (Lipinski definition) is 1. The number of benzene rings is 1. The fourth-order valence-electron chi connectivity index (χ4n) is 3.64. The van der Waals surface area contributed by atoms with Gasteiger partial charge in [0.1, 0.15) is 5.75 Å². The number of hydrogen-bond acceptors (Lipinski definition) is 5. The molecule has 2 heterocycles. The molecule has 1 aliphatic heterocycles. The Hall–Kier alpha value is -2.45.